The fraction of sp³-hybridized carbons (Fsp3) is 0.400. The molecule has 21 heavy (non-hydrogen) atoms. The van der Waals surface area contributed by atoms with Crippen molar-refractivity contribution >= 4 is 18.4 Å². The summed E-state index contributed by atoms with van der Waals surface area (Å²) in [5, 5.41) is 4.37. The number of rotatable bonds is 2. The summed E-state index contributed by atoms with van der Waals surface area (Å²) in [7, 11) is -0.435. The van der Waals surface area contributed by atoms with Gasteiger partial charge in [0.25, 0.3) is 0 Å². The molecule has 3 rings (SSSR count). The van der Waals surface area contributed by atoms with Gasteiger partial charge in [-0.25, -0.2) is 4.68 Å². The molecule has 1 aliphatic heterocycles. The van der Waals surface area contributed by atoms with Crippen molar-refractivity contribution < 1.29 is 9.31 Å². The zero-order chi connectivity index (χ0) is 15.3. The molecular weight excluding hydrogens is 265 g/mol. The number of hydrogen-bond donors (Lipinski definition) is 1. The second-order valence-electron chi connectivity index (χ2n) is 6.35. The molecule has 1 aromatic carbocycles. The standard InChI is InChI=1S/C15H20BN3O2/c1-14(2)15(3,4)21-16(20-14)13-9-10-18-19(13)12-7-5-11(17)6-8-12/h5-10H,17H2,1-4H3. The highest BCUT2D eigenvalue weighted by Crippen LogP contribution is 2.36. The normalized spacial score (nSPS) is 19.9. The van der Waals surface area contributed by atoms with E-state index in [0.29, 0.717) is 0 Å². The summed E-state index contributed by atoms with van der Waals surface area (Å²) in [4.78, 5) is 0. The lowest BCUT2D eigenvalue weighted by Crippen LogP contribution is -2.41. The molecule has 0 bridgehead atoms. The minimum Gasteiger partial charge on any atom is -0.399 e. The molecule has 2 N–H and O–H groups in total. The Hall–Kier alpha value is -1.79. The van der Waals surface area contributed by atoms with Gasteiger partial charge in [-0.2, -0.15) is 5.10 Å². The van der Waals surface area contributed by atoms with Gasteiger partial charge in [0.15, 0.2) is 0 Å². The van der Waals surface area contributed by atoms with E-state index < -0.39 is 7.12 Å². The molecule has 0 amide bonds. The first-order valence-electron chi connectivity index (χ1n) is 7.06. The maximum atomic E-state index is 6.09. The lowest BCUT2D eigenvalue weighted by molar-refractivity contribution is 0.00578. The third-order valence-corrected chi connectivity index (χ3v) is 4.30. The Bertz CT molecular complexity index is 633. The monoisotopic (exact) mass is 285 g/mol. The Labute approximate surface area is 125 Å². The molecule has 0 unspecified atom stereocenters. The molecule has 2 aromatic rings. The Morgan fingerprint density at radius 1 is 1.00 bits per heavy atom. The van der Waals surface area contributed by atoms with Crippen LogP contribution in [-0.2, 0) is 9.31 Å². The van der Waals surface area contributed by atoms with Crippen molar-refractivity contribution in [1.29, 1.82) is 0 Å². The summed E-state index contributed by atoms with van der Waals surface area (Å²) in [5.41, 5.74) is 7.53. The van der Waals surface area contributed by atoms with Crippen LogP contribution in [0, 0.1) is 0 Å². The first-order chi connectivity index (χ1) is 9.80. The van der Waals surface area contributed by atoms with E-state index in [9.17, 15) is 0 Å². The third kappa shape index (κ3) is 2.34. The second-order valence-corrected chi connectivity index (χ2v) is 6.35. The molecule has 1 fully saturated rings. The molecule has 0 atom stereocenters. The van der Waals surface area contributed by atoms with Crippen LogP contribution in [0.25, 0.3) is 5.69 Å². The number of nitrogens with two attached hydrogens (primary N) is 1. The minimum absolute atomic E-state index is 0.367. The summed E-state index contributed by atoms with van der Waals surface area (Å²) in [5.74, 6) is 0. The number of nitrogens with zero attached hydrogens (tertiary/aromatic N) is 2. The highest BCUT2D eigenvalue weighted by Gasteiger charge is 2.52. The van der Waals surface area contributed by atoms with E-state index in [0.717, 1.165) is 17.0 Å². The SMILES string of the molecule is CC1(C)OB(c2ccnn2-c2ccc(N)cc2)OC1(C)C. The van der Waals surface area contributed by atoms with Gasteiger partial charge in [-0.15, -0.1) is 0 Å². The van der Waals surface area contributed by atoms with Crippen molar-refractivity contribution in [2.45, 2.75) is 38.9 Å². The van der Waals surface area contributed by atoms with Crippen LogP contribution in [-0.4, -0.2) is 28.1 Å². The molecule has 1 aromatic heterocycles. The quantitative estimate of drug-likeness (QED) is 0.674. The van der Waals surface area contributed by atoms with Crippen molar-refractivity contribution in [3.8, 4) is 5.69 Å². The summed E-state index contributed by atoms with van der Waals surface area (Å²) < 4.78 is 14.0. The van der Waals surface area contributed by atoms with Gasteiger partial charge in [0, 0.05) is 11.9 Å². The van der Waals surface area contributed by atoms with Crippen molar-refractivity contribution in [1.82, 2.24) is 9.78 Å². The maximum absolute atomic E-state index is 6.09. The van der Waals surface area contributed by atoms with Crippen LogP contribution in [0.1, 0.15) is 27.7 Å². The Morgan fingerprint density at radius 2 is 1.57 bits per heavy atom. The number of benzene rings is 1. The van der Waals surface area contributed by atoms with Gasteiger partial charge in [0.2, 0.25) is 0 Å². The van der Waals surface area contributed by atoms with Crippen LogP contribution in [0.3, 0.4) is 0 Å². The fourth-order valence-electron chi connectivity index (χ4n) is 2.29. The molecule has 0 spiro atoms. The molecule has 5 nitrogen and oxygen atoms in total. The van der Waals surface area contributed by atoms with Crippen molar-refractivity contribution in [3.05, 3.63) is 36.5 Å². The summed E-state index contributed by atoms with van der Waals surface area (Å²) >= 11 is 0. The highest BCUT2D eigenvalue weighted by atomic mass is 16.7. The van der Waals surface area contributed by atoms with E-state index in [2.05, 4.69) is 5.10 Å². The van der Waals surface area contributed by atoms with E-state index >= 15 is 0 Å². The van der Waals surface area contributed by atoms with E-state index in [1.54, 1.807) is 6.20 Å². The van der Waals surface area contributed by atoms with E-state index in [-0.39, 0.29) is 11.2 Å². The molecule has 1 saturated heterocycles. The molecule has 0 saturated carbocycles. The topological polar surface area (TPSA) is 62.3 Å². The number of nitrogen functional groups attached to an aromatic ring is 1. The van der Waals surface area contributed by atoms with Crippen LogP contribution in [0.2, 0.25) is 0 Å². The molecular formula is C15H20BN3O2. The molecule has 6 heteroatoms. The molecule has 0 aliphatic carbocycles. The van der Waals surface area contributed by atoms with E-state index in [1.807, 2.05) is 62.7 Å². The molecule has 0 radical (unpaired) electrons. The van der Waals surface area contributed by atoms with Crippen LogP contribution in [0.15, 0.2) is 36.5 Å². The number of anilines is 1. The summed E-state index contributed by atoms with van der Waals surface area (Å²) in [6, 6.07) is 9.47. The van der Waals surface area contributed by atoms with Gasteiger partial charge < -0.3 is 15.0 Å². The maximum Gasteiger partial charge on any atom is 0.514 e. The average Bonchev–Trinajstić information content (AvgIpc) is 2.94. The van der Waals surface area contributed by atoms with Crippen LogP contribution in [0.5, 0.6) is 0 Å². The predicted octanol–water partition coefficient (Wildman–Crippen LogP) is 1.75. The van der Waals surface area contributed by atoms with Crippen LogP contribution < -0.4 is 11.3 Å². The first kappa shape index (κ1) is 14.2. The van der Waals surface area contributed by atoms with Crippen molar-refractivity contribution in [3.63, 3.8) is 0 Å². The minimum atomic E-state index is -0.435. The number of aromatic nitrogens is 2. The zero-order valence-electron chi connectivity index (χ0n) is 12.8. The zero-order valence-corrected chi connectivity index (χ0v) is 12.8. The third-order valence-electron chi connectivity index (χ3n) is 4.30. The van der Waals surface area contributed by atoms with Crippen LogP contribution >= 0.6 is 0 Å². The smallest absolute Gasteiger partial charge is 0.399 e. The van der Waals surface area contributed by atoms with Crippen molar-refractivity contribution in [2.75, 3.05) is 5.73 Å². The van der Waals surface area contributed by atoms with Crippen molar-refractivity contribution in [2.24, 2.45) is 0 Å². The van der Waals surface area contributed by atoms with Gasteiger partial charge >= 0.3 is 7.12 Å². The average molecular weight is 285 g/mol. The van der Waals surface area contributed by atoms with Gasteiger partial charge in [-0.1, -0.05) is 0 Å². The molecule has 110 valence electrons. The summed E-state index contributed by atoms with van der Waals surface area (Å²) in [6.45, 7) is 8.15. The largest absolute Gasteiger partial charge is 0.514 e. The lowest BCUT2D eigenvalue weighted by atomic mass is 9.84. The lowest BCUT2D eigenvalue weighted by Gasteiger charge is -2.32. The van der Waals surface area contributed by atoms with E-state index in [1.165, 1.54) is 0 Å². The Kier molecular flexibility index (Phi) is 3.11. The highest BCUT2D eigenvalue weighted by molar-refractivity contribution is 6.61. The van der Waals surface area contributed by atoms with Gasteiger partial charge in [0.1, 0.15) is 0 Å². The molecule has 2 heterocycles. The Morgan fingerprint density at radius 3 is 2.14 bits per heavy atom. The van der Waals surface area contributed by atoms with Crippen LogP contribution in [0.4, 0.5) is 5.69 Å². The van der Waals surface area contributed by atoms with E-state index in [4.69, 9.17) is 15.0 Å². The molecule has 1 aliphatic rings. The number of hydrogen-bond acceptors (Lipinski definition) is 4. The fourth-order valence-corrected chi connectivity index (χ4v) is 2.29. The Balaban J connectivity index is 1.96. The van der Waals surface area contributed by atoms with Gasteiger partial charge in [-0.3, -0.25) is 0 Å². The predicted molar refractivity (Wildman–Crippen MR) is 83.7 cm³/mol. The van der Waals surface area contributed by atoms with Gasteiger partial charge in [0.05, 0.1) is 22.5 Å². The van der Waals surface area contributed by atoms with Gasteiger partial charge in [-0.05, 0) is 58.0 Å². The second kappa shape index (κ2) is 4.61. The summed E-state index contributed by atoms with van der Waals surface area (Å²) in [6.07, 6.45) is 1.75. The first-order valence-corrected chi connectivity index (χ1v) is 7.06.